The van der Waals surface area contributed by atoms with Crippen LogP contribution < -0.4 is 10.5 Å². The predicted molar refractivity (Wildman–Crippen MR) is 76.3 cm³/mol. The van der Waals surface area contributed by atoms with Crippen molar-refractivity contribution < 1.29 is 13.5 Å². The standard InChI is InChI=1S/C14H11BrF2N2O/c1-7-4-9(15)2-3-12(7)20-13-10(16)5-8(14(18)19)6-11(13)17/h2-6H,1H3,(H3,18,19). The molecule has 0 aliphatic carbocycles. The van der Waals surface area contributed by atoms with Crippen LogP contribution in [0.5, 0.6) is 11.5 Å². The lowest BCUT2D eigenvalue weighted by atomic mass is 10.2. The molecule has 0 aromatic heterocycles. The summed E-state index contributed by atoms with van der Waals surface area (Å²) >= 11 is 3.29. The Labute approximate surface area is 123 Å². The summed E-state index contributed by atoms with van der Waals surface area (Å²) < 4.78 is 33.8. The molecule has 3 nitrogen and oxygen atoms in total. The van der Waals surface area contributed by atoms with Crippen molar-refractivity contribution in [2.45, 2.75) is 6.92 Å². The number of ether oxygens (including phenoxy) is 1. The first kappa shape index (κ1) is 14.5. The van der Waals surface area contributed by atoms with Gasteiger partial charge in [-0.2, -0.15) is 0 Å². The number of aryl methyl sites for hydroxylation is 1. The van der Waals surface area contributed by atoms with Gasteiger partial charge < -0.3 is 10.5 Å². The average Bonchev–Trinajstić information content (AvgIpc) is 2.35. The molecule has 0 fully saturated rings. The number of benzene rings is 2. The number of amidine groups is 1. The van der Waals surface area contributed by atoms with Gasteiger partial charge in [0.05, 0.1) is 0 Å². The quantitative estimate of drug-likeness (QED) is 0.652. The third kappa shape index (κ3) is 2.96. The van der Waals surface area contributed by atoms with Crippen molar-refractivity contribution in [2.75, 3.05) is 0 Å². The Bertz CT molecular complexity index is 666. The minimum Gasteiger partial charge on any atom is -0.451 e. The molecule has 0 unspecified atom stereocenters. The Morgan fingerprint density at radius 3 is 2.30 bits per heavy atom. The van der Waals surface area contributed by atoms with Crippen molar-refractivity contribution in [2.24, 2.45) is 5.73 Å². The van der Waals surface area contributed by atoms with Gasteiger partial charge in [0.2, 0.25) is 0 Å². The molecule has 20 heavy (non-hydrogen) atoms. The van der Waals surface area contributed by atoms with E-state index < -0.39 is 23.2 Å². The van der Waals surface area contributed by atoms with Gasteiger partial charge in [-0.3, -0.25) is 5.41 Å². The second kappa shape index (κ2) is 5.58. The van der Waals surface area contributed by atoms with E-state index in [1.54, 1.807) is 25.1 Å². The van der Waals surface area contributed by atoms with E-state index in [1.165, 1.54) is 0 Å². The molecule has 0 aliphatic rings. The zero-order valence-corrected chi connectivity index (χ0v) is 12.1. The molecule has 3 N–H and O–H groups in total. The molecule has 0 spiro atoms. The number of hydrogen-bond acceptors (Lipinski definition) is 2. The van der Waals surface area contributed by atoms with Crippen LogP contribution in [-0.2, 0) is 0 Å². The van der Waals surface area contributed by atoms with Crippen LogP contribution in [-0.4, -0.2) is 5.84 Å². The summed E-state index contributed by atoms with van der Waals surface area (Å²) in [5.41, 5.74) is 5.90. The van der Waals surface area contributed by atoms with Crippen LogP contribution >= 0.6 is 15.9 Å². The summed E-state index contributed by atoms with van der Waals surface area (Å²) in [6.07, 6.45) is 0. The lowest BCUT2D eigenvalue weighted by Crippen LogP contribution is -2.12. The minimum atomic E-state index is -0.905. The molecule has 104 valence electrons. The van der Waals surface area contributed by atoms with E-state index >= 15 is 0 Å². The molecule has 0 heterocycles. The lowest BCUT2D eigenvalue weighted by molar-refractivity contribution is 0.405. The summed E-state index contributed by atoms with van der Waals surface area (Å²) in [7, 11) is 0. The molecule has 2 aromatic carbocycles. The minimum absolute atomic E-state index is 0.0279. The van der Waals surface area contributed by atoms with E-state index in [9.17, 15) is 8.78 Å². The van der Waals surface area contributed by atoms with Gasteiger partial charge in [-0.15, -0.1) is 0 Å². The van der Waals surface area contributed by atoms with Gasteiger partial charge in [-0.25, -0.2) is 8.78 Å². The van der Waals surface area contributed by atoms with Gasteiger partial charge in [0.15, 0.2) is 17.4 Å². The molecule has 0 atom stereocenters. The Kier molecular flexibility index (Phi) is 4.04. The van der Waals surface area contributed by atoms with Crippen LogP contribution in [0, 0.1) is 24.0 Å². The number of nitrogen functional groups attached to an aromatic ring is 1. The van der Waals surface area contributed by atoms with Gasteiger partial charge in [-0.05, 0) is 42.8 Å². The Hall–Kier alpha value is -1.95. The summed E-state index contributed by atoms with van der Waals surface area (Å²) in [6.45, 7) is 1.76. The van der Waals surface area contributed by atoms with Crippen molar-refractivity contribution in [3.63, 3.8) is 0 Å². The van der Waals surface area contributed by atoms with E-state index in [-0.39, 0.29) is 5.56 Å². The molecule has 0 saturated heterocycles. The van der Waals surface area contributed by atoms with Crippen LogP contribution in [0.4, 0.5) is 8.78 Å². The zero-order valence-electron chi connectivity index (χ0n) is 10.5. The zero-order chi connectivity index (χ0) is 14.9. The Morgan fingerprint density at radius 2 is 1.80 bits per heavy atom. The maximum atomic E-state index is 13.8. The molecule has 0 aliphatic heterocycles. The van der Waals surface area contributed by atoms with E-state index in [4.69, 9.17) is 15.9 Å². The topological polar surface area (TPSA) is 59.1 Å². The molecule has 0 radical (unpaired) electrons. The highest BCUT2D eigenvalue weighted by Gasteiger charge is 2.15. The first-order valence-electron chi connectivity index (χ1n) is 5.66. The third-order valence-electron chi connectivity index (χ3n) is 2.66. The Morgan fingerprint density at radius 1 is 1.20 bits per heavy atom. The lowest BCUT2D eigenvalue weighted by Gasteiger charge is -2.11. The normalized spacial score (nSPS) is 10.4. The van der Waals surface area contributed by atoms with Crippen molar-refractivity contribution in [1.82, 2.24) is 0 Å². The maximum Gasteiger partial charge on any atom is 0.198 e. The van der Waals surface area contributed by atoms with Crippen LogP contribution in [0.25, 0.3) is 0 Å². The second-order valence-electron chi connectivity index (χ2n) is 4.19. The van der Waals surface area contributed by atoms with E-state index in [1.807, 2.05) is 0 Å². The molecule has 0 amide bonds. The summed E-state index contributed by atoms with van der Waals surface area (Å²) in [5, 5.41) is 7.18. The van der Waals surface area contributed by atoms with E-state index in [2.05, 4.69) is 15.9 Å². The van der Waals surface area contributed by atoms with Gasteiger partial charge in [0, 0.05) is 10.0 Å². The van der Waals surface area contributed by atoms with Crippen LogP contribution in [0.2, 0.25) is 0 Å². The van der Waals surface area contributed by atoms with Crippen molar-refractivity contribution >= 4 is 21.8 Å². The molecule has 2 rings (SSSR count). The van der Waals surface area contributed by atoms with Crippen molar-refractivity contribution in [1.29, 1.82) is 5.41 Å². The monoisotopic (exact) mass is 340 g/mol. The number of nitrogens with one attached hydrogen (secondary N) is 1. The molecule has 2 aromatic rings. The third-order valence-corrected chi connectivity index (χ3v) is 3.15. The smallest absolute Gasteiger partial charge is 0.198 e. The maximum absolute atomic E-state index is 13.8. The molecule has 0 bridgehead atoms. The van der Waals surface area contributed by atoms with E-state index in [0.717, 1.165) is 22.2 Å². The highest BCUT2D eigenvalue weighted by atomic mass is 79.9. The first-order valence-corrected chi connectivity index (χ1v) is 6.45. The number of nitrogens with two attached hydrogens (primary N) is 1. The fourth-order valence-corrected chi connectivity index (χ4v) is 2.13. The van der Waals surface area contributed by atoms with Gasteiger partial charge in [-0.1, -0.05) is 15.9 Å². The van der Waals surface area contributed by atoms with Crippen molar-refractivity contribution in [3.05, 3.63) is 57.6 Å². The highest BCUT2D eigenvalue weighted by molar-refractivity contribution is 9.10. The Balaban J connectivity index is 2.41. The van der Waals surface area contributed by atoms with Gasteiger partial charge >= 0.3 is 0 Å². The molecule has 6 heteroatoms. The highest BCUT2D eigenvalue weighted by Crippen LogP contribution is 2.31. The number of rotatable bonds is 3. The molecule has 0 saturated carbocycles. The largest absolute Gasteiger partial charge is 0.451 e. The SMILES string of the molecule is Cc1cc(Br)ccc1Oc1c(F)cc(C(=N)N)cc1F. The average molecular weight is 341 g/mol. The van der Waals surface area contributed by atoms with Crippen molar-refractivity contribution in [3.8, 4) is 11.5 Å². The summed E-state index contributed by atoms with van der Waals surface area (Å²) in [4.78, 5) is 0. The number of halogens is 3. The van der Waals surface area contributed by atoms with Crippen LogP contribution in [0.15, 0.2) is 34.8 Å². The fraction of sp³-hybridized carbons (Fsp3) is 0.0714. The van der Waals surface area contributed by atoms with Crippen LogP contribution in [0.3, 0.4) is 0 Å². The number of hydrogen-bond donors (Lipinski definition) is 2. The molecular formula is C14H11BrF2N2O. The first-order chi connectivity index (χ1) is 9.38. The summed E-state index contributed by atoms with van der Waals surface area (Å²) in [6, 6.07) is 7.03. The van der Waals surface area contributed by atoms with Crippen LogP contribution in [0.1, 0.15) is 11.1 Å². The second-order valence-corrected chi connectivity index (χ2v) is 5.11. The van der Waals surface area contributed by atoms with Gasteiger partial charge in [0.1, 0.15) is 11.6 Å². The van der Waals surface area contributed by atoms with E-state index in [0.29, 0.717) is 5.75 Å². The summed E-state index contributed by atoms with van der Waals surface area (Å²) in [5.74, 6) is -2.38. The fourth-order valence-electron chi connectivity index (χ4n) is 1.65. The van der Waals surface area contributed by atoms with Gasteiger partial charge in [0.25, 0.3) is 0 Å². The predicted octanol–water partition coefficient (Wildman–Crippen LogP) is 4.11. The molecular weight excluding hydrogens is 330 g/mol.